The van der Waals surface area contributed by atoms with Gasteiger partial charge in [-0.2, -0.15) is 13.2 Å². The zero-order valence-corrected chi connectivity index (χ0v) is 13.5. The molecule has 1 atom stereocenters. The minimum atomic E-state index is -4.54. The molecule has 132 valence electrons. The monoisotopic (exact) mass is 341 g/mol. The van der Waals surface area contributed by atoms with Crippen LogP contribution in [0, 0.1) is 0 Å². The molecule has 0 bridgehead atoms. The maximum Gasteiger partial charge on any atom is 0.449 e. The van der Waals surface area contributed by atoms with Gasteiger partial charge < -0.3 is 14.6 Å². The number of aliphatic hydroxyl groups excluding tert-OH is 1. The van der Waals surface area contributed by atoms with Crippen LogP contribution in [0.15, 0.2) is 24.3 Å². The van der Waals surface area contributed by atoms with Gasteiger partial charge in [0.25, 0.3) is 0 Å². The Morgan fingerprint density at radius 3 is 2.38 bits per heavy atom. The summed E-state index contributed by atoms with van der Waals surface area (Å²) in [4.78, 5) is 5.85. The second-order valence-electron chi connectivity index (χ2n) is 6.40. The molecule has 1 unspecified atom stereocenters. The van der Waals surface area contributed by atoms with Crippen LogP contribution in [0.5, 0.6) is 0 Å². The van der Waals surface area contributed by atoms with Gasteiger partial charge in [0.05, 0.1) is 23.7 Å². The van der Waals surface area contributed by atoms with E-state index in [0.717, 1.165) is 30.5 Å². The van der Waals surface area contributed by atoms with Crippen molar-refractivity contribution < 1.29 is 18.3 Å². The fourth-order valence-corrected chi connectivity index (χ4v) is 3.36. The van der Waals surface area contributed by atoms with Gasteiger partial charge in [0.1, 0.15) is 0 Å². The van der Waals surface area contributed by atoms with Gasteiger partial charge in [-0.05, 0) is 38.1 Å². The van der Waals surface area contributed by atoms with Gasteiger partial charge in [-0.25, -0.2) is 4.98 Å². The van der Waals surface area contributed by atoms with Crippen LogP contribution in [-0.4, -0.2) is 45.3 Å². The van der Waals surface area contributed by atoms with Gasteiger partial charge in [0, 0.05) is 6.54 Å². The summed E-state index contributed by atoms with van der Waals surface area (Å²) in [5.41, 5.74) is 0.700. The molecule has 1 aliphatic heterocycles. The fourth-order valence-electron chi connectivity index (χ4n) is 3.36. The lowest BCUT2D eigenvalue weighted by Crippen LogP contribution is -2.36. The molecular formula is C17H22F3N3O. The van der Waals surface area contributed by atoms with Crippen LogP contribution >= 0.6 is 0 Å². The van der Waals surface area contributed by atoms with E-state index in [2.05, 4.69) is 9.88 Å². The lowest BCUT2D eigenvalue weighted by molar-refractivity contribution is -0.147. The Kier molecular flexibility index (Phi) is 5.10. The van der Waals surface area contributed by atoms with E-state index in [4.69, 9.17) is 0 Å². The Morgan fingerprint density at radius 1 is 1.04 bits per heavy atom. The standard InChI is InChI=1S/C17H22F3N3O/c18-17(19,20)16-21-14-7-3-4-8-15(14)23(16)12-13(24)11-22-9-5-1-2-6-10-22/h3-4,7-8,13,24H,1-2,5-6,9-12H2. The lowest BCUT2D eigenvalue weighted by atomic mass is 10.2. The molecule has 1 N–H and O–H groups in total. The molecule has 1 aromatic carbocycles. The Labute approximate surface area is 138 Å². The summed E-state index contributed by atoms with van der Waals surface area (Å²) in [6, 6.07) is 6.51. The van der Waals surface area contributed by atoms with E-state index in [1.807, 2.05) is 0 Å². The van der Waals surface area contributed by atoms with Gasteiger partial charge in [-0.15, -0.1) is 0 Å². The van der Waals surface area contributed by atoms with E-state index in [-0.39, 0.29) is 6.54 Å². The highest BCUT2D eigenvalue weighted by Crippen LogP contribution is 2.31. The first kappa shape index (κ1) is 17.2. The van der Waals surface area contributed by atoms with E-state index in [1.165, 1.54) is 12.8 Å². The van der Waals surface area contributed by atoms with Crippen molar-refractivity contribution >= 4 is 11.0 Å². The van der Waals surface area contributed by atoms with Crippen molar-refractivity contribution in [3.05, 3.63) is 30.1 Å². The number of aromatic nitrogens is 2. The number of rotatable bonds is 4. The summed E-state index contributed by atoms with van der Waals surface area (Å²) in [5, 5.41) is 10.4. The summed E-state index contributed by atoms with van der Waals surface area (Å²) >= 11 is 0. The normalized spacial score (nSPS) is 18.7. The number of hydrogen-bond donors (Lipinski definition) is 1. The molecule has 1 aliphatic rings. The number of halogens is 3. The molecule has 0 spiro atoms. The van der Waals surface area contributed by atoms with Crippen molar-refractivity contribution in [1.82, 2.24) is 14.5 Å². The van der Waals surface area contributed by atoms with E-state index >= 15 is 0 Å². The highest BCUT2D eigenvalue weighted by atomic mass is 19.4. The third kappa shape index (κ3) is 3.89. The van der Waals surface area contributed by atoms with Crippen molar-refractivity contribution in [2.75, 3.05) is 19.6 Å². The van der Waals surface area contributed by atoms with Crippen molar-refractivity contribution in [2.24, 2.45) is 0 Å². The van der Waals surface area contributed by atoms with Crippen LogP contribution in [0.4, 0.5) is 13.2 Å². The molecule has 1 aromatic heterocycles. The molecule has 1 saturated heterocycles. The molecule has 0 saturated carbocycles. The summed E-state index contributed by atoms with van der Waals surface area (Å²) in [6.45, 7) is 2.08. The van der Waals surface area contributed by atoms with Gasteiger partial charge in [0.15, 0.2) is 0 Å². The van der Waals surface area contributed by atoms with Crippen LogP contribution in [0.2, 0.25) is 0 Å². The molecule has 2 aromatic rings. The first-order valence-electron chi connectivity index (χ1n) is 8.38. The van der Waals surface area contributed by atoms with Crippen molar-refractivity contribution in [2.45, 2.75) is 44.5 Å². The van der Waals surface area contributed by atoms with Crippen molar-refractivity contribution in [3.63, 3.8) is 0 Å². The van der Waals surface area contributed by atoms with Crippen LogP contribution in [-0.2, 0) is 12.7 Å². The molecule has 24 heavy (non-hydrogen) atoms. The van der Waals surface area contributed by atoms with Crippen LogP contribution in [0.25, 0.3) is 11.0 Å². The minimum absolute atomic E-state index is 0.105. The Bertz CT molecular complexity index is 675. The molecule has 0 radical (unpaired) electrons. The predicted octanol–water partition coefficient (Wildman–Crippen LogP) is 3.29. The first-order valence-corrected chi connectivity index (χ1v) is 8.38. The van der Waals surface area contributed by atoms with Gasteiger partial charge in [0.2, 0.25) is 5.82 Å². The summed E-state index contributed by atoms with van der Waals surface area (Å²) in [6.07, 6.45) is -0.889. The van der Waals surface area contributed by atoms with Crippen LogP contribution in [0.3, 0.4) is 0 Å². The highest BCUT2D eigenvalue weighted by molar-refractivity contribution is 5.76. The summed E-state index contributed by atoms with van der Waals surface area (Å²) in [5.74, 6) is -0.946. The second kappa shape index (κ2) is 7.11. The zero-order chi connectivity index (χ0) is 17.2. The van der Waals surface area contributed by atoms with E-state index in [1.54, 1.807) is 24.3 Å². The molecule has 0 amide bonds. The Balaban J connectivity index is 1.80. The maximum absolute atomic E-state index is 13.3. The molecule has 4 nitrogen and oxygen atoms in total. The van der Waals surface area contributed by atoms with E-state index in [9.17, 15) is 18.3 Å². The molecule has 0 aliphatic carbocycles. The topological polar surface area (TPSA) is 41.3 Å². The number of para-hydroxylation sites is 2. The van der Waals surface area contributed by atoms with E-state index in [0.29, 0.717) is 17.6 Å². The second-order valence-corrected chi connectivity index (χ2v) is 6.40. The highest BCUT2D eigenvalue weighted by Gasteiger charge is 2.38. The number of aliphatic hydroxyl groups is 1. The van der Waals surface area contributed by atoms with Gasteiger partial charge >= 0.3 is 6.18 Å². The van der Waals surface area contributed by atoms with Crippen LogP contribution in [0.1, 0.15) is 31.5 Å². The molecule has 3 rings (SSSR count). The lowest BCUT2D eigenvalue weighted by Gasteiger charge is -2.24. The summed E-state index contributed by atoms with van der Waals surface area (Å²) in [7, 11) is 0. The molecular weight excluding hydrogens is 319 g/mol. The Hall–Kier alpha value is -1.60. The van der Waals surface area contributed by atoms with E-state index < -0.39 is 18.1 Å². The summed E-state index contributed by atoms with van der Waals surface area (Å²) < 4.78 is 40.9. The van der Waals surface area contributed by atoms with Gasteiger partial charge in [-0.1, -0.05) is 25.0 Å². The Morgan fingerprint density at radius 2 is 1.71 bits per heavy atom. The van der Waals surface area contributed by atoms with Crippen molar-refractivity contribution in [3.8, 4) is 0 Å². The minimum Gasteiger partial charge on any atom is -0.390 e. The number of nitrogens with zero attached hydrogens (tertiary/aromatic N) is 3. The maximum atomic E-state index is 13.3. The number of likely N-dealkylation sites (tertiary alicyclic amines) is 1. The fraction of sp³-hybridized carbons (Fsp3) is 0.588. The first-order chi connectivity index (χ1) is 11.4. The quantitative estimate of drug-likeness (QED) is 0.928. The third-order valence-corrected chi connectivity index (χ3v) is 4.47. The van der Waals surface area contributed by atoms with Crippen LogP contribution < -0.4 is 0 Å². The number of hydrogen-bond acceptors (Lipinski definition) is 3. The largest absolute Gasteiger partial charge is 0.449 e. The number of β-amino-alcohol motifs (C(OH)–C–C–N with tert-alkyl or cyclic N) is 1. The number of benzene rings is 1. The molecule has 1 fully saturated rings. The van der Waals surface area contributed by atoms with Crippen molar-refractivity contribution in [1.29, 1.82) is 0 Å². The molecule has 7 heteroatoms. The number of imidazole rings is 1. The van der Waals surface area contributed by atoms with Gasteiger partial charge in [-0.3, -0.25) is 0 Å². The zero-order valence-electron chi connectivity index (χ0n) is 13.5. The molecule has 2 heterocycles. The number of alkyl halides is 3. The predicted molar refractivity (Wildman–Crippen MR) is 85.6 cm³/mol. The third-order valence-electron chi connectivity index (χ3n) is 4.47. The SMILES string of the molecule is OC(CN1CCCCCC1)Cn1c(C(F)(F)F)nc2ccccc21. The smallest absolute Gasteiger partial charge is 0.390 e. The average Bonchev–Trinajstić information content (AvgIpc) is 2.71. The average molecular weight is 341 g/mol. The number of fused-ring (bicyclic) bond motifs is 1.